The van der Waals surface area contributed by atoms with E-state index < -0.39 is 0 Å². The van der Waals surface area contributed by atoms with Gasteiger partial charge in [0.1, 0.15) is 11.5 Å². The van der Waals surface area contributed by atoms with Crippen molar-refractivity contribution in [2.45, 2.75) is 6.04 Å². The molecular weight excluding hydrogens is 311 g/mol. The molecule has 112 valence electrons. The number of nitrogens with two attached hydrogens (primary N) is 1. The number of benzene rings is 2. The summed E-state index contributed by atoms with van der Waals surface area (Å²) in [5.74, 6) is 7.06. The molecule has 0 amide bonds. The van der Waals surface area contributed by atoms with Crippen LogP contribution in [0, 0.1) is 0 Å². The molecule has 4 nitrogen and oxygen atoms in total. The topological polar surface area (TPSA) is 56.5 Å². The Balaban J connectivity index is 2.60. The van der Waals surface area contributed by atoms with Crippen molar-refractivity contribution in [2.75, 3.05) is 14.2 Å². The second kappa shape index (κ2) is 7.00. The molecule has 0 aliphatic carbocycles. The number of ether oxygens (including phenoxy) is 2. The molecule has 6 heteroatoms. The van der Waals surface area contributed by atoms with Gasteiger partial charge in [-0.1, -0.05) is 29.3 Å². The van der Waals surface area contributed by atoms with Crippen LogP contribution in [0.15, 0.2) is 36.4 Å². The lowest BCUT2D eigenvalue weighted by molar-refractivity contribution is 0.377. The van der Waals surface area contributed by atoms with E-state index in [9.17, 15) is 0 Å². The molecule has 0 bridgehead atoms. The summed E-state index contributed by atoms with van der Waals surface area (Å²) in [6.07, 6.45) is 0. The van der Waals surface area contributed by atoms with E-state index in [4.69, 9.17) is 38.5 Å². The van der Waals surface area contributed by atoms with Gasteiger partial charge in [0.25, 0.3) is 0 Å². The Kier molecular flexibility index (Phi) is 5.31. The van der Waals surface area contributed by atoms with Crippen molar-refractivity contribution in [3.63, 3.8) is 0 Å². The normalized spacial score (nSPS) is 12.0. The van der Waals surface area contributed by atoms with Gasteiger partial charge in [0.05, 0.1) is 25.8 Å². The van der Waals surface area contributed by atoms with E-state index in [0.29, 0.717) is 21.5 Å². The summed E-state index contributed by atoms with van der Waals surface area (Å²) < 4.78 is 10.8. The molecular formula is C15H16Cl2N2O2. The first kappa shape index (κ1) is 15.9. The highest BCUT2D eigenvalue weighted by Gasteiger charge is 2.22. The SMILES string of the molecule is COc1cccc(OC)c1C(NN)c1cc(Cl)cc(Cl)c1. The molecule has 3 N–H and O–H groups in total. The molecule has 0 aromatic heterocycles. The molecule has 0 spiro atoms. The molecule has 0 aliphatic rings. The lowest BCUT2D eigenvalue weighted by atomic mass is 9.97. The molecule has 0 radical (unpaired) electrons. The van der Waals surface area contributed by atoms with Gasteiger partial charge in [-0.2, -0.15) is 0 Å². The van der Waals surface area contributed by atoms with Crippen LogP contribution in [0.3, 0.4) is 0 Å². The maximum Gasteiger partial charge on any atom is 0.127 e. The third-order valence-corrected chi connectivity index (χ3v) is 3.58. The van der Waals surface area contributed by atoms with Crippen molar-refractivity contribution < 1.29 is 9.47 Å². The minimum atomic E-state index is -0.368. The molecule has 0 aliphatic heterocycles. The van der Waals surface area contributed by atoms with Crippen molar-refractivity contribution in [1.29, 1.82) is 0 Å². The fourth-order valence-corrected chi connectivity index (χ4v) is 2.80. The summed E-state index contributed by atoms with van der Waals surface area (Å²) in [6, 6.07) is 10.4. The van der Waals surface area contributed by atoms with Gasteiger partial charge >= 0.3 is 0 Å². The fourth-order valence-electron chi connectivity index (χ4n) is 2.25. The monoisotopic (exact) mass is 326 g/mol. The molecule has 1 atom stereocenters. The first-order valence-electron chi connectivity index (χ1n) is 6.23. The van der Waals surface area contributed by atoms with Gasteiger partial charge < -0.3 is 9.47 Å². The number of methoxy groups -OCH3 is 2. The molecule has 0 fully saturated rings. The molecule has 0 heterocycles. The van der Waals surface area contributed by atoms with Gasteiger partial charge in [0.15, 0.2) is 0 Å². The van der Waals surface area contributed by atoms with Crippen LogP contribution in [0.5, 0.6) is 11.5 Å². The van der Waals surface area contributed by atoms with Crippen molar-refractivity contribution in [3.8, 4) is 11.5 Å². The highest BCUT2D eigenvalue weighted by molar-refractivity contribution is 6.34. The Morgan fingerprint density at radius 2 is 1.52 bits per heavy atom. The minimum absolute atomic E-state index is 0.368. The van der Waals surface area contributed by atoms with Gasteiger partial charge in [-0.05, 0) is 35.9 Å². The number of hydrogen-bond donors (Lipinski definition) is 2. The molecule has 21 heavy (non-hydrogen) atoms. The maximum absolute atomic E-state index is 6.07. The summed E-state index contributed by atoms with van der Waals surface area (Å²) >= 11 is 12.1. The second-order valence-corrected chi connectivity index (χ2v) is 5.25. The van der Waals surface area contributed by atoms with Crippen LogP contribution in [-0.4, -0.2) is 14.2 Å². The largest absolute Gasteiger partial charge is 0.496 e. The lowest BCUT2D eigenvalue weighted by Crippen LogP contribution is -2.29. The van der Waals surface area contributed by atoms with E-state index in [1.54, 1.807) is 32.4 Å². The van der Waals surface area contributed by atoms with Gasteiger partial charge in [0, 0.05) is 10.0 Å². The number of hydrogen-bond acceptors (Lipinski definition) is 4. The average Bonchev–Trinajstić information content (AvgIpc) is 2.47. The van der Waals surface area contributed by atoms with Crippen LogP contribution in [0.4, 0.5) is 0 Å². The van der Waals surface area contributed by atoms with E-state index in [1.165, 1.54) is 0 Å². The third kappa shape index (κ3) is 3.41. The predicted octanol–water partition coefficient (Wildman–Crippen LogP) is 3.56. The highest BCUT2D eigenvalue weighted by atomic mass is 35.5. The van der Waals surface area contributed by atoms with Crippen LogP contribution in [0.25, 0.3) is 0 Å². The zero-order valence-electron chi connectivity index (χ0n) is 11.7. The minimum Gasteiger partial charge on any atom is -0.496 e. The third-order valence-electron chi connectivity index (χ3n) is 3.14. The quantitative estimate of drug-likeness (QED) is 0.651. The van der Waals surface area contributed by atoms with Crippen molar-refractivity contribution in [3.05, 3.63) is 57.6 Å². The smallest absolute Gasteiger partial charge is 0.127 e. The average molecular weight is 327 g/mol. The van der Waals surface area contributed by atoms with E-state index in [0.717, 1.165) is 11.1 Å². The van der Waals surface area contributed by atoms with Gasteiger partial charge in [-0.15, -0.1) is 0 Å². The second-order valence-electron chi connectivity index (χ2n) is 4.38. The van der Waals surface area contributed by atoms with Gasteiger partial charge in [-0.25, -0.2) is 5.43 Å². The van der Waals surface area contributed by atoms with Gasteiger partial charge in [-0.3, -0.25) is 5.84 Å². The Morgan fingerprint density at radius 3 is 1.95 bits per heavy atom. The maximum atomic E-state index is 6.07. The zero-order chi connectivity index (χ0) is 15.4. The molecule has 0 saturated carbocycles. The number of rotatable bonds is 5. The number of nitrogens with one attached hydrogen (secondary N) is 1. The van der Waals surface area contributed by atoms with Crippen molar-refractivity contribution in [1.82, 2.24) is 5.43 Å². The fraction of sp³-hybridized carbons (Fsp3) is 0.200. The Bertz CT molecular complexity index is 593. The molecule has 0 saturated heterocycles. The van der Waals surface area contributed by atoms with Crippen molar-refractivity contribution in [2.24, 2.45) is 5.84 Å². The van der Waals surface area contributed by atoms with E-state index in [-0.39, 0.29) is 6.04 Å². The molecule has 2 aromatic carbocycles. The summed E-state index contributed by atoms with van der Waals surface area (Å²) in [5, 5.41) is 1.07. The summed E-state index contributed by atoms with van der Waals surface area (Å²) in [4.78, 5) is 0. The van der Waals surface area contributed by atoms with E-state index in [1.807, 2.05) is 18.2 Å². The predicted molar refractivity (Wildman–Crippen MR) is 85.2 cm³/mol. The molecule has 2 aromatic rings. The van der Waals surface area contributed by atoms with Crippen LogP contribution in [-0.2, 0) is 0 Å². The number of hydrazine groups is 1. The molecule has 2 rings (SSSR count). The van der Waals surface area contributed by atoms with Crippen LogP contribution in [0.1, 0.15) is 17.2 Å². The first-order chi connectivity index (χ1) is 10.1. The van der Waals surface area contributed by atoms with Gasteiger partial charge in [0.2, 0.25) is 0 Å². The Morgan fingerprint density at radius 1 is 1.00 bits per heavy atom. The summed E-state index contributed by atoms with van der Waals surface area (Å²) in [6.45, 7) is 0. The van der Waals surface area contributed by atoms with Crippen LogP contribution >= 0.6 is 23.2 Å². The Hall–Kier alpha value is -1.46. The van der Waals surface area contributed by atoms with E-state index >= 15 is 0 Å². The van der Waals surface area contributed by atoms with Crippen LogP contribution in [0.2, 0.25) is 10.0 Å². The zero-order valence-corrected chi connectivity index (χ0v) is 13.2. The summed E-state index contributed by atoms with van der Waals surface area (Å²) in [7, 11) is 3.19. The standard InChI is InChI=1S/C15H16Cl2N2O2/c1-20-12-4-3-5-13(21-2)14(12)15(19-18)9-6-10(16)8-11(17)7-9/h3-8,15,19H,18H2,1-2H3. The lowest BCUT2D eigenvalue weighted by Gasteiger charge is -2.22. The molecule has 1 unspecified atom stereocenters. The first-order valence-corrected chi connectivity index (χ1v) is 6.99. The number of halogens is 2. The van der Waals surface area contributed by atoms with Crippen molar-refractivity contribution >= 4 is 23.2 Å². The highest BCUT2D eigenvalue weighted by Crippen LogP contribution is 2.38. The van der Waals surface area contributed by atoms with E-state index in [2.05, 4.69) is 5.43 Å². The Labute approximate surface area is 133 Å². The van der Waals surface area contributed by atoms with Crippen LogP contribution < -0.4 is 20.7 Å². The summed E-state index contributed by atoms with van der Waals surface area (Å²) in [5.41, 5.74) is 4.36.